The molecule has 4 rings (SSSR count). The molecule has 0 unspecified atom stereocenters. The highest BCUT2D eigenvalue weighted by molar-refractivity contribution is 6.09. The maximum atomic E-state index is 9.05. The minimum atomic E-state index is 0.765. The fourth-order valence-corrected chi connectivity index (χ4v) is 3.30. The van der Waals surface area contributed by atoms with Crippen molar-refractivity contribution in [3.05, 3.63) is 59.7 Å². The molecule has 1 aliphatic rings. The number of hydrogen-bond donors (Lipinski definition) is 1. The first-order valence-electron chi connectivity index (χ1n) is 6.99. The van der Waals surface area contributed by atoms with Crippen LogP contribution >= 0.6 is 0 Å². The van der Waals surface area contributed by atoms with Gasteiger partial charge in [0.1, 0.15) is 0 Å². The van der Waals surface area contributed by atoms with Gasteiger partial charge in [-0.1, -0.05) is 53.7 Å². The van der Waals surface area contributed by atoms with Crippen LogP contribution in [-0.2, 0) is 12.8 Å². The van der Waals surface area contributed by atoms with Crippen molar-refractivity contribution in [2.45, 2.75) is 19.3 Å². The van der Waals surface area contributed by atoms with Crippen LogP contribution in [0.5, 0.6) is 0 Å². The van der Waals surface area contributed by atoms with Crippen molar-refractivity contribution in [1.29, 1.82) is 0 Å². The maximum absolute atomic E-state index is 9.05. The fraction of sp³-hybridized carbons (Fsp3) is 0.167. The predicted octanol–water partition coefficient (Wildman–Crippen LogP) is 4.31. The van der Waals surface area contributed by atoms with Crippen molar-refractivity contribution < 1.29 is 5.21 Å². The van der Waals surface area contributed by atoms with Crippen molar-refractivity contribution in [1.82, 2.24) is 0 Å². The first kappa shape index (κ1) is 11.5. The quantitative estimate of drug-likeness (QED) is 0.365. The summed E-state index contributed by atoms with van der Waals surface area (Å²) in [5, 5.41) is 17.6. The van der Waals surface area contributed by atoms with Crippen LogP contribution in [0.1, 0.15) is 17.5 Å². The van der Waals surface area contributed by atoms with E-state index in [4.69, 9.17) is 5.21 Å². The maximum Gasteiger partial charge on any atom is 0.0618 e. The lowest BCUT2D eigenvalue weighted by atomic mass is 9.85. The van der Waals surface area contributed by atoms with Gasteiger partial charge in [-0.3, -0.25) is 0 Å². The van der Waals surface area contributed by atoms with Crippen LogP contribution in [0.2, 0.25) is 0 Å². The Bertz CT molecular complexity index is 849. The van der Waals surface area contributed by atoms with Crippen LogP contribution in [0, 0.1) is 0 Å². The third-order valence-electron chi connectivity index (χ3n) is 4.34. The molecule has 0 bridgehead atoms. The van der Waals surface area contributed by atoms with E-state index in [0.717, 1.165) is 25.0 Å². The molecule has 0 saturated carbocycles. The van der Waals surface area contributed by atoms with E-state index >= 15 is 0 Å². The average Bonchev–Trinajstić information content (AvgIpc) is 2.53. The Balaban J connectivity index is 2.07. The van der Waals surface area contributed by atoms with Gasteiger partial charge in [-0.2, -0.15) is 0 Å². The van der Waals surface area contributed by atoms with Gasteiger partial charge in [0, 0.05) is 6.42 Å². The summed E-state index contributed by atoms with van der Waals surface area (Å²) in [4.78, 5) is 0. The second kappa shape index (κ2) is 4.34. The summed E-state index contributed by atoms with van der Waals surface area (Å²) in [6.07, 6.45) is 2.60. The topological polar surface area (TPSA) is 32.6 Å². The molecule has 98 valence electrons. The van der Waals surface area contributed by atoms with E-state index in [1.54, 1.807) is 0 Å². The molecule has 0 amide bonds. The van der Waals surface area contributed by atoms with Gasteiger partial charge in [0.25, 0.3) is 0 Å². The Morgan fingerprint density at radius 1 is 0.800 bits per heavy atom. The zero-order valence-electron chi connectivity index (χ0n) is 11.1. The summed E-state index contributed by atoms with van der Waals surface area (Å²) in [6, 6.07) is 17.3. The second-order valence-electron chi connectivity index (χ2n) is 5.43. The Labute approximate surface area is 117 Å². The first-order chi connectivity index (χ1) is 9.86. The van der Waals surface area contributed by atoms with E-state index in [9.17, 15) is 0 Å². The Morgan fingerprint density at radius 3 is 2.55 bits per heavy atom. The lowest BCUT2D eigenvalue weighted by Crippen LogP contribution is -2.14. The van der Waals surface area contributed by atoms with Crippen LogP contribution in [0.4, 0.5) is 0 Å². The molecule has 1 aliphatic carbocycles. The molecule has 0 fully saturated rings. The third-order valence-corrected chi connectivity index (χ3v) is 4.34. The van der Waals surface area contributed by atoms with E-state index in [1.807, 2.05) is 0 Å². The number of aryl methyl sites for hydroxylation is 1. The largest absolute Gasteiger partial charge is 0.411 e. The first-order valence-corrected chi connectivity index (χ1v) is 6.99. The average molecular weight is 261 g/mol. The van der Waals surface area contributed by atoms with Gasteiger partial charge in [-0.05, 0) is 45.5 Å². The highest BCUT2D eigenvalue weighted by Crippen LogP contribution is 2.32. The highest BCUT2D eigenvalue weighted by atomic mass is 16.4. The summed E-state index contributed by atoms with van der Waals surface area (Å²) >= 11 is 0. The molecule has 3 aromatic carbocycles. The monoisotopic (exact) mass is 261 g/mol. The van der Waals surface area contributed by atoms with E-state index in [1.165, 1.54) is 32.7 Å². The number of hydrogen-bond acceptors (Lipinski definition) is 2. The summed E-state index contributed by atoms with van der Waals surface area (Å²) < 4.78 is 0. The molecule has 0 aromatic heterocycles. The molecular weight excluding hydrogens is 246 g/mol. The number of rotatable bonds is 0. The second-order valence-corrected chi connectivity index (χ2v) is 5.43. The van der Waals surface area contributed by atoms with Crippen molar-refractivity contribution >= 4 is 27.3 Å². The number of nitrogens with zero attached hydrogens (tertiary/aromatic N) is 1. The molecule has 0 atom stereocenters. The van der Waals surface area contributed by atoms with Gasteiger partial charge >= 0.3 is 0 Å². The van der Waals surface area contributed by atoms with Crippen LogP contribution in [0.25, 0.3) is 21.5 Å². The van der Waals surface area contributed by atoms with Crippen LogP contribution < -0.4 is 0 Å². The van der Waals surface area contributed by atoms with Crippen molar-refractivity contribution in [2.24, 2.45) is 5.16 Å². The predicted molar refractivity (Wildman–Crippen MR) is 82.7 cm³/mol. The Kier molecular flexibility index (Phi) is 2.49. The van der Waals surface area contributed by atoms with Gasteiger partial charge < -0.3 is 5.21 Å². The van der Waals surface area contributed by atoms with Crippen LogP contribution in [0.3, 0.4) is 0 Å². The minimum Gasteiger partial charge on any atom is -0.411 e. The van der Waals surface area contributed by atoms with E-state index in [2.05, 4.69) is 53.7 Å². The van der Waals surface area contributed by atoms with Crippen LogP contribution in [0.15, 0.2) is 53.7 Å². The molecule has 3 aromatic rings. The number of benzene rings is 3. The smallest absolute Gasteiger partial charge is 0.0618 e. The lowest BCUT2D eigenvalue weighted by Gasteiger charge is -2.19. The summed E-state index contributed by atoms with van der Waals surface area (Å²) in [5.74, 6) is 0. The van der Waals surface area contributed by atoms with Gasteiger partial charge in [-0.25, -0.2) is 0 Å². The van der Waals surface area contributed by atoms with Crippen molar-refractivity contribution in [3.8, 4) is 0 Å². The van der Waals surface area contributed by atoms with Crippen LogP contribution in [-0.4, -0.2) is 10.9 Å². The molecule has 0 aliphatic heterocycles. The number of fused-ring (bicyclic) bond motifs is 5. The fourth-order valence-electron chi connectivity index (χ4n) is 3.30. The summed E-state index contributed by atoms with van der Waals surface area (Å²) in [7, 11) is 0. The minimum absolute atomic E-state index is 0.765. The molecule has 20 heavy (non-hydrogen) atoms. The van der Waals surface area contributed by atoms with Crippen molar-refractivity contribution in [2.75, 3.05) is 0 Å². The SMILES string of the molecule is ON=C1CCc2ccc3c(ccc4ccccc43)c2C1. The third kappa shape index (κ3) is 1.61. The van der Waals surface area contributed by atoms with Gasteiger partial charge in [-0.15, -0.1) is 0 Å². The standard InChI is InChI=1S/C18H15NO/c20-19-14-8-5-13-7-9-16-15-4-2-1-3-12(15)6-10-17(16)18(13)11-14/h1-4,6-7,9-10,20H,5,8,11H2. The Hall–Kier alpha value is -2.35. The Morgan fingerprint density at radius 2 is 1.65 bits per heavy atom. The molecule has 2 nitrogen and oxygen atoms in total. The molecule has 1 N–H and O–H groups in total. The molecular formula is C18H15NO. The molecule has 0 radical (unpaired) electrons. The summed E-state index contributed by atoms with van der Waals surface area (Å²) in [6.45, 7) is 0. The van der Waals surface area contributed by atoms with Crippen molar-refractivity contribution in [3.63, 3.8) is 0 Å². The zero-order valence-corrected chi connectivity index (χ0v) is 11.1. The number of oxime groups is 1. The van der Waals surface area contributed by atoms with E-state index in [-0.39, 0.29) is 0 Å². The van der Waals surface area contributed by atoms with Gasteiger partial charge in [0.15, 0.2) is 0 Å². The van der Waals surface area contributed by atoms with E-state index in [0.29, 0.717) is 0 Å². The lowest BCUT2D eigenvalue weighted by molar-refractivity contribution is 0.316. The molecule has 0 heterocycles. The molecule has 2 heteroatoms. The zero-order chi connectivity index (χ0) is 13.5. The molecule has 0 spiro atoms. The van der Waals surface area contributed by atoms with Gasteiger partial charge in [0.05, 0.1) is 5.71 Å². The summed E-state index contributed by atoms with van der Waals surface area (Å²) in [5.41, 5.74) is 3.60. The van der Waals surface area contributed by atoms with Gasteiger partial charge in [0.2, 0.25) is 0 Å². The highest BCUT2D eigenvalue weighted by Gasteiger charge is 2.17. The normalized spacial score (nSPS) is 16.7. The van der Waals surface area contributed by atoms with E-state index < -0.39 is 0 Å². The molecule has 0 saturated heterocycles.